The van der Waals surface area contributed by atoms with E-state index in [9.17, 15) is 9.59 Å². The Bertz CT molecular complexity index is 485. The van der Waals surface area contributed by atoms with Crippen molar-refractivity contribution in [3.05, 3.63) is 29.3 Å². The number of urea groups is 1. The minimum absolute atomic E-state index is 0.0452. The fourth-order valence-electron chi connectivity index (χ4n) is 1.96. The molecule has 1 fully saturated rings. The first kappa shape index (κ1) is 11.4. The van der Waals surface area contributed by atoms with Crippen LogP contribution in [-0.4, -0.2) is 42.1 Å². The number of carbonyl (C=O) groups is 2. The van der Waals surface area contributed by atoms with Crippen LogP contribution in [0.5, 0.6) is 0 Å². The molecule has 0 spiro atoms. The average Bonchev–Trinajstić information content (AvgIpc) is 2.60. The highest BCUT2D eigenvalue weighted by atomic mass is 16.4. The van der Waals surface area contributed by atoms with E-state index in [1.807, 2.05) is 6.92 Å². The Morgan fingerprint density at radius 3 is 2.53 bits per heavy atom. The van der Waals surface area contributed by atoms with Gasteiger partial charge >= 0.3 is 12.0 Å². The fraction of sp³-hybridized carbons (Fsp3) is 0.333. The molecule has 1 aliphatic rings. The van der Waals surface area contributed by atoms with Gasteiger partial charge in [0.05, 0.1) is 5.56 Å². The van der Waals surface area contributed by atoms with E-state index in [0.29, 0.717) is 13.1 Å². The molecule has 0 bridgehead atoms. The van der Waals surface area contributed by atoms with Crippen molar-refractivity contribution in [3.63, 3.8) is 0 Å². The van der Waals surface area contributed by atoms with E-state index in [1.165, 1.54) is 6.07 Å². The van der Waals surface area contributed by atoms with Crippen molar-refractivity contribution in [1.29, 1.82) is 0 Å². The molecule has 2 amide bonds. The highest BCUT2D eigenvalue weighted by Crippen LogP contribution is 2.24. The number of carbonyl (C=O) groups excluding carboxylic acids is 1. The maximum Gasteiger partial charge on any atom is 0.335 e. The number of hydrogen-bond acceptors (Lipinski definition) is 2. The number of rotatable bonds is 2. The van der Waals surface area contributed by atoms with E-state index in [2.05, 4.69) is 0 Å². The Labute approximate surface area is 99.3 Å². The highest BCUT2D eigenvalue weighted by molar-refractivity contribution is 5.96. The molecule has 90 valence electrons. The third kappa shape index (κ3) is 1.95. The molecule has 1 aromatic rings. The number of carboxylic acids is 1. The topological polar surface area (TPSA) is 60.9 Å². The van der Waals surface area contributed by atoms with Crippen molar-refractivity contribution in [2.24, 2.45) is 0 Å². The molecule has 5 nitrogen and oxygen atoms in total. The smallest absolute Gasteiger partial charge is 0.335 e. The molecule has 1 heterocycles. The summed E-state index contributed by atoms with van der Waals surface area (Å²) >= 11 is 0. The highest BCUT2D eigenvalue weighted by Gasteiger charge is 2.27. The minimum Gasteiger partial charge on any atom is -0.478 e. The zero-order chi connectivity index (χ0) is 12.6. The summed E-state index contributed by atoms with van der Waals surface area (Å²) in [6, 6.07) is 4.76. The monoisotopic (exact) mass is 234 g/mol. The van der Waals surface area contributed by atoms with Crippen LogP contribution in [0.4, 0.5) is 10.5 Å². The first-order valence-electron chi connectivity index (χ1n) is 5.37. The number of hydrogen-bond donors (Lipinski definition) is 1. The lowest BCUT2D eigenvalue weighted by atomic mass is 10.1. The summed E-state index contributed by atoms with van der Waals surface area (Å²) in [5.41, 5.74) is 1.82. The predicted octanol–water partition coefficient (Wildman–Crippen LogP) is 1.57. The number of aromatic carboxylic acids is 1. The quantitative estimate of drug-likeness (QED) is 0.844. The molecule has 1 aliphatic heterocycles. The van der Waals surface area contributed by atoms with Crippen LogP contribution in [0.3, 0.4) is 0 Å². The second-order valence-corrected chi connectivity index (χ2v) is 4.16. The second-order valence-electron chi connectivity index (χ2n) is 4.16. The van der Waals surface area contributed by atoms with Crippen molar-refractivity contribution < 1.29 is 14.7 Å². The summed E-state index contributed by atoms with van der Waals surface area (Å²) < 4.78 is 0. The Morgan fingerprint density at radius 2 is 2.06 bits per heavy atom. The maximum absolute atomic E-state index is 11.8. The molecule has 2 rings (SSSR count). The number of anilines is 1. The van der Waals surface area contributed by atoms with Crippen LogP contribution in [0, 0.1) is 6.92 Å². The van der Waals surface area contributed by atoms with Crippen LogP contribution in [0.2, 0.25) is 0 Å². The van der Waals surface area contributed by atoms with Crippen LogP contribution in [-0.2, 0) is 0 Å². The van der Waals surface area contributed by atoms with Crippen molar-refractivity contribution in [1.82, 2.24) is 4.90 Å². The van der Waals surface area contributed by atoms with E-state index < -0.39 is 5.97 Å². The first-order chi connectivity index (χ1) is 8.00. The van der Waals surface area contributed by atoms with Gasteiger partial charge in [0.25, 0.3) is 0 Å². The molecule has 5 heteroatoms. The molecule has 0 aromatic heterocycles. The lowest BCUT2D eigenvalue weighted by molar-refractivity contribution is 0.0697. The van der Waals surface area contributed by atoms with Crippen LogP contribution in [0.1, 0.15) is 15.9 Å². The third-order valence-electron chi connectivity index (χ3n) is 2.95. The number of aryl methyl sites for hydroxylation is 1. The molecule has 0 saturated carbocycles. The van der Waals surface area contributed by atoms with Gasteiger partial charge in [0.1, 0.15) is 0 Å². The third-order valence-corrected chi connectivity index (χ3v) is 2.95. The van der Waals surface area contributed by atoms with Crippen molar-refractivity contribution in [3.8, 4) is 0 Å². The van der Waals surface area contributed by atoms with Gasteiger partial charge in [0.15, 0.2) is 0 Å². The Balaban J connectivity index is 2.34. The first-order valence-corrected chi connectivity index (χ1v) is 5.37. The summed E-state index contributed by atoms with van der Waals surface area (Å²) in [5, 5.41) is 8.87. The van der Waals surface area contributed by atoms with E-state index >= 15 is 0 Å². The van der Waals surface area contributed by atoms with Gasteiger partial charge in [-0.05, 0) is 30.7 Å². The molecule has 0 unspecified atom stereocenters. The van der Waals surface area contributed by atoms with Gasteiger partial charge < -0.3 is 10.0 Å². The van der Waals surface area contributed by atoms with Crippen molar-refractivity contribution in [2.45, 2.75) is 6.92 Å². The van der Waals surface area contributed by atoms with Crippen LogP contribution >= 0.6 is 0 Å². The largest absolute Gasteiger partial charge is 0.478 e. The molecular formula is C12H14N2O3. The standard InChI is InChI=1S/C12H14N2O3/c1-8-7-9(11(15)16)3-4-10(8)14-6-5-13(2)12(14)17/h3-4,7H,5-6H2,1-2H3,(H,15,16). The molecule has 0 radical (unpaired) electrons. The van der Waals surface area contributed by atoms with Crippen molar-refractivity contribution >= 4 is 17.7 Å². The van der Waals surface area contributed by atoms with Crippen LogP contribution < -0.4 is 4.90 Å². The molecule has 1 saturated heterocycles. The Kier molecular flexibility index (Phi) is 2.75. The van der Waals surface area contributed by atoms with Crippen LogP contribution in [0.15, 0.2) is 18.2 Å². The SMILES string of the molecule is Cc1cc(C(=O)O)ccc1N1CCN(C)C1=O. The van der Waals surface area contributed by atoms with E-state index in [4.69, 9.17) is 5.11 Å². The summed E-state index contributed by atoms with van der Waals surface area (Å²) in [6.07, 6.45) is 0. The van der Waals surface area contributed by atoms with E-state index in [1.54, 1.807) is 29.0 Å². The number of nitrogens with zero attached hydrogens (tertiary/aromatic N) is 2. The molecular weight excluding hydrogens is 220 g/mol. The molecule has 17 heavy (non-hydrogen) atoms. The molecule has 1 aromatic carbocycles. The number of benzene rings is 1. The number of carboxylic acid groups (broad SMARTS) is 1. The molecule has 0 aliphatic carbocycles. The van der Waals surface area contributed by atoms with Gasteiger partial charge in [-0.1, -0.05) is 0 Å². The Hall–Kier alpha value is -2.04. The summed E-state index contributed by atoms with van der Waals surface area (Å²) in [5.74, 6) is -0.954. The zero-order valence-electron chi connectivity index (χ0n) is 9.80. The molecule has 0 atom stereocenters. The maximum atomic E-state index is 11.8. The van der Waals surface area contributed by atoms with Crippen LogP contribution in [0.25, 0.3) is 0 Å². The summed E-state index contributed by atoms with van der Waals surface area (Å²) in [4.78, 5) is 25.9. The zero-order valence-corrected chi connectivity index (χ0v) is 9.80. The predicted molar refractivity (Wildman–Crippen MR) is 63.5 cm³/mol. The van der Waals surface area contributed by atoms with E-state index in [-0.39, 0.29) is 11.6 Å². The average molecular weight is 234 g/mol. The summed E-state index contributed by atoms with van der Waals surface area (Å²) in [7, 11) is 1.75. The van der Waals surface area contributed by atoms with Gasteiger partial charge in [0, 0.05) is 25.8 Å². The normalized spacial score (nSPS) is 15.5. The lowest BCUT2D eigenvalue weighted by Crippen LogP contribution is -2.29. The minimum atomic E-state index is -0.954. The van der Waals surface area contributed by atoms with Gasteiger partial charge in [-0.3, -0.25) is 4.90 Å². The van der Waals surface area contributed by atoms with E-state index in [0.717, 1.165) is 11.3 Å². The number of amides is 2. The molecule has 1 N–H and O–H groups in total. The lowest BCUT2D eigenvalue weighted by Gasteiger charge is -2.18. The van der Waals surface area contributed by atoms with Gasteiger partial charge in [-0.25, -0.2) is 9.59 Å². The summed E-state index contributed by atoms with van der Waals surface area (Å²) in [6.45, 7) is 3.15. The Morgan fingerprint density at radius 1 is 1.35 bits per heavy atom. The van der Waals surface area contributed by atoms with Gasteiger partial charge in [-0.2, -0.15) is 0 Å². The van der Waals surface area contributed by atoms with Gasteiger partial charge in [-0.15, -0.1) is 0 Å². The number of likely N-dealkylation sites (N-methyl/N-ethyl adjacent to an activating group) is 1. The van der Waals surface area contributed by atoms with Crippen molar-refractivity contribution in [2.75, 3.05) is 25.0 Å². The van der Waals surface area contributed by atoms with Gasteiger partial charge in [0.2, 0.25) is 0 Å². The fourth-order valence-corrected chi connectivity index (χ4v) is 1.96. The second kappa shape index (κ2) is 4.08.